The molecule has 0 bridgehead atoms. The lowest BCUT2D eigenvalue weighted by molar-refractivity contribution is 0.0996. The van der Waals surface area contributed by atoms with Crippen LogP contribution in [0.15, 0.2) is 87.5 Å². The number of amides is 1. The molecule has 6 nitrogen and oxygen atoms in total. The lowest BCUT2D eigenvalue weighted by Gasteiger charge is -2.10. The summed E-state index contributed by atoms with van der Waals surface area (Å²) in [6.07, 6.45) is 2.28. The fourth-order valence-corrected chi connectivity index (χ4v) is 3.91. The van der Waals surface area contributed by atoms with Gasteiger partial charge in [-0.25, -0.2) is 4.68 Å². The molecule has 0 aliphatic carbocycles. The second-order valence-electron chi connectivity index (χ2n) is 6.15. The number of benzene rings is 2. The second kappa shape index (κ2) is 8.98. The van der Waals surface area contributed by atoms with Crippen LogP contribution < -0.4 is 5.32 Å². The molecule has 0 aliphatic heterocycles. The molecule has 146 valence electrons. The van der Waals surface area contributed by atoms with E-state index in [4.69, 9.17) is 16.0 Å². The Kier molecular flexibility index (Phi) is 5.97. The van der Waals surface area contributed by atoms with Gasteiger partial charge in [0.1, 0.15) is 0 Å². The molecule has 2 heterocycles. The van der Waals surface area contributed by atoms with Gasteiger partial charge in [-0.2, -0.15) is 4.98 Å². The highest BCUT2D eigenvalue weighted by molar-refractivity contribution is 7.99. The number of hydrogen-bond acceptors (Lipinski definition) is 5. The summed E-state index contributed by atoms with van der Waals surface area (Å²) >= 11 is 7.46. The van der Waals surface area contributed by atoms with E-state index in [1.807, 2.05) is 42.5 Å². The first kappa shape index (κ1) is 19.3. The van der Waals surface area contributed by atoms with Crippen molar-refractivity contribution < 1.29 is 9.21 Å². The topological polar surface area (TPSA) is 73.0 Å². The number of anilines is 1. The Morgan fingerprint density at radius 2 is 1.86 bits per heavy atom. The Labute approximate surface area is 176 Å². The number of aryl methyl sites for hydroxylation is 2. The zero-order chi connectivity index (χ0) is 20.1. The van der Waals surface area contributed by atoms with E-state index in [1.54, 1.807) is 16.8 Å². The van der Waals surface area contributed by atoms with Crippen molar-refractivity contribution in [1.29, 1.82) is 0 Å². The first-order chi connectivity index (χ1) is 14.2. The first-order valence-corrected chi connectivity index (χ1v) is 10.1. The summed E-state index contributed by atoms with van der Waals surface area (Å²) in [5.74, 6) is -0.0643. The van der Waals surface area contributed by atoms with Crippen molar-refractivity contribution in [2.75, 3.05) is 5.32 Å². The maximum Gasteiger partial charge on any atom is 0.291 e. The van der Waals surface area contributed by atoms with Gasteiger partial charge in [0.25, 0.3) is 5.91 Å². The normalized spacial score (nSPS) is 10.8. The number of carbonyl (C=O) groups is 1. The minimum Gasteiger partial charge on any atom is -0.459 e. The zero-order valence-electron chi connectivity index (χ0n) is 15.3. The first-order valence-electron chi connectivity index (χ1n) is 8.95. The van der Waals surface area contributed by atoms with Crippen LogP contribution in [0.5, 0.6) is 0 Å². The summed E-state index contributed by atoms with van der Waals surface area (Å²) < 4.78 is 6.94. The van der Waals surface area contributed by atoms with E-state index in [0.717, 1.165) is 11.3 Å². The van der Waals surface area contributed by atoms with Crippen molar-refractivity contribution in [3.63, 3.8) is 0 Å². The van der Waals surface area contributed by atoms with Crippen molar-refractivity contribution in [3.05, 3.63) is 89.6 Å². The summed E-state index contributed by atoms with van der Waals surface area (Å²) in [5, 5.41) is 8.02. The Balaban J connectivity index is 1.52. The Hall–Kier alpha value is -3.03. The summed E-state index contributed by atoms with van der Waals surface area (Å²) in [6, 6.07) is 20.9. The maximum absolute atomic E-state index is 12.3. The highest BCUT2D eigenvalue weighted by Gasteiger charge is 2.15. The van der Waals surface area contributed by atoms with Crippen LogP contribution in [0, 0.1) is 0 Å². The largest absolute Gasteiger partial charge is 0.459 e. The number of rotatable bonds is 7. The predicted octanol–water partition coefficient (Wildman–Crippen LogP) is 5.17. The quantitative estimate of drug-likeness (QED) is 0.443. The molecule has 0 fully saturated rings. The number of aromatic nitrogens is 3. The van der Waals surface area contributed by atoms with Crippen molar-refractivity contribution in [2.45, 2.75) is 23.0 Å². The van der Waals surface area contributed by atoms with Gasteiger partial charge in [-0.15, -0.1) is 5.10 Å². The molecule has 1 amide bonds. The average molecular weight is 425 g/mol. The molecule has 29 heavy (non-hydrogen) atoms. The van der Waals surface area contributed by atoms with E-state index in [-0.39, 0.29) is 17.0 Å². The van der Waals surface area contributed by atoms with E-state index in [9.17, 15) is 4.79 Å². The minimum atomic E-state index is -0.313. The van der Waals surface area contributed by atoms with E-state index >= 15 is 0 Å². The van der Waals surface area contributed by atoms with E-state index in [0.29, 0.717) is 17.4 Å². The van der Waals surface area contributed by atoms with E-state index in [1.165, 1.54) is 23.6 Å². The van der Waals surface area contributed by atoms with Crippen LogP contribution in [0.2, 0.25) is 5.28 Å². The fraction of sp³-hybridized carbons (Fsp3) is 0.0952. The highest BCUT2D eigenvalue weighted by Crippen LogP contribution is 2.33. The maximum atomic E-state index is 12.3. The fourth-order valence-electron chi connectivity index (χ4n) is 2.75. The predicted molar refractivity (Wildman–Crippen MR) is 112 cm³/mol. The number of furan rings is 1. The van der Waals surface area contributed by atoms with Crippen LogP contribution in [-0.4, -0.2) is 20.7 Å². The molecular weight excluding hydrogens is 408 g/mol. The number of halogens is 1. The molecule has 2 aromatic carbocycles. The van der Waals surface area contributed by atoms with Gasteiger partial charge in [0.2, 0.25) is 5.28 Å². The van der Waals surface area contributed by atoms with Crippen molar-refractivity contribution in [2.24, 2.45) is 0 Å². The van der Waals surface area contributed by atoms with E-state index < -0.39 is 0 Å². The van der Waals surface area contributed by atoms with Gasteiger partial charge in [-0.05, 0) is 59.6 Å². The second-order valence-corrected chi connectivity index (χ2v) is 7.50. The number of hydrogen-bond donors (Lipinski definition) is 1. The van der Waals surface area contributed by atoms with E-state index in [2.05, 4.69) is 27.5 Å². The number of para-hydroxylation sites is 1. The Bertz CT molecular complexity index is 1100. The van der Waals surface area contributed by atoms with Crippen LogP contribution in [0.3, 0.4) is 0 Å². The molecular formula is C21H17ClN4O2S. The molecule has 0 spiro atoms. The van der Waals surface area contributed by atoms with Crippen LogP contribution >= 0.6 is 23.4 Å². The Morgan fingerprint density at radius 1 is 1.07 bits per heavy atom. The molecule has 0 aliphatic rings. The smallest absolute Gasteiger partial charge is 0.291 e. The molecule has 2 aromatic heterocycles. The van der Waals surface area contributed by atoms with Gasteiger partial charge in [-0.1, -0.05) is 42.5 Å². The van der Waals surface area contributed by atoms with Crippen LogP contribution in [0.1, 0.15) is 16.1 Å². The van der Waals surface area contributed by atoms with Crippen LogP contribution in [-0.2, 0) is 13.0 Å². The molecule has 0 saturated carbocycles. The van der Waals surface area contributed by atoms with Gasteiger partial charge >= 0.3 is 0 Å². The third kappa shape index (κ3) is 4.88. The summed E-state index contributed by atoms with van der Waals surface area (Å²) in [6.45, 7) is 0.646. The van der Waals surface area contributed by atoms with Crippen LogP contribution in [0.4, 0.5) is 5.69 Å². The van der Waals surface area contributed by atoms with Crippen LogP contribution in [0.25, 0.3) is 0 Å². The highest BCUT2D eigenvalue weighted by atomic mass is 35.5. The van der Waals surface area contributed by atoms with Gasteiger partial charge < -0.3 is 9.73 Å². The zero-order valence-corrected chi connectivity index (χ0v) is 16.9. The van der Waals surface area contributed by atoms with Gasteiger partial charge in [0.05, 0.1) is 12.0 Å². The summed E-state index contributed by atoms with van der Waals surface area (Å²) in [5.41, 5.74) is 1.87. The van der Waals surface area contributed by atoms with Crippen molar-refractivity contribution in [1.82, 2.24) is 14.8 Å². The average Bonchev–Trinajstić information content (AvgIpc) is 3.39. The Morgan fingerprint density at radius 3 is 2.66 bits per heavy atom. The number of nitrogens with one attached hydrogen (secondary N) is 1. The number of nitrogens with zero attached hydrogens (tertiary/aromatic N) is 3. The molecule has 0 saturated heterocycles. The van der Waals surface area contributed by atoms with Gasteiger partial charge in [0, 0.05) is 11.4 Å². The van der Waals surface area contributed by atoms with Gasteiger partial charge in [-0.3, -0.25) is 4.79 Å². The lowest BCUT2D eigenvalue weighted by atomic mass is 10.2. The molecule has 1 N–H and O–H groups in total. The molecule has 8 heteroatoms. The minimum absolute atomic E-state index is 0.192. The third-order valence-corrected chi connectivity index (χ3v) is 5.37. The summed E-state index contributed by atoms with van der Waals surface area (Å²) in [7, 11) is 0. The molecule has 0 radical (unpaired) electrons. The van der Waals surface area contributed by atoms with Crippen molar-refractivity contribution in [3.8, 4) is 0 Å². The standard InChI is InChI=1S/C21H17ClN4O2S/c22-20-24-21(26(25-20)13-12-15-7-2-1-3-8-15)29-18-11-5-4-9-16(18)23-19(27)17-10-6-14-28-17/h1-11,14H,12-13H2,(H,23,27). The monoisotopic (exact) mass is 424 g/mol. The van der Waals surface area contributed by atoms with Crippen molar-refractivity contribution >= 4 is 35.0 Å². The lowest BCUT2D eigenvalue weighted by Crippen LogP contribution is -2.11. The molecule has 0 atom stereocenters. The third-order valence-electron chi connectivity index (χ3n) is 4.15. The molecule has 4 rings (SSSR count). The molecule has 4 aromatic rings. The molecule has 0 unspecified atom stereocenters. The SMILES string of the molecule is O=C(Nc1ccccc1Sc1nc(Cl)nn1CCc1ccccc1)c1ccco1. The summed E-state index contributed by atoms with van der Waals surface area (Å²) in [4.78, 5) is 17.5. The van der Waals surface area contributed by atoms with Gasteiger partial charge in [0.15, 0.2) is 10.9 Å². The number of carbonyl (C=O) groups excluding carboxylic acids is 1.